The predicted octanol–water partition coefficient (Wildman–Crippen LogP) is 5.16. The van der Waals surface area contributed by atoms with E-state index in [2.05, 4.69) is 4.98 Å². The minimum atomic E-state index is -0.786. The van der Waals surface area contributed by atoms with Crippen LogP contribution in [0.4, 0.5) is 0 Å². The molecule has 1 atom stereocenters. The fourth-order valence-electron chi connectivity index (χ4n) is 4.74. The third-order valence-electron chi connectivity index (χ3n) is 6.24. The number of methoxy groups -OCH3 is 2. The molecule has 1 saturated heterocycles. The minimum Gasteiger partial charge on any atom is -0.507 e. The largest absolute Gasteiger partial charge is 0.507 e. The molecule has 4 rings (SSSR count). The number of hydrogen-bond donors (Lipinski definition) is 1. The SMILES string of the molecule is COc1c(Cl)cc(/C(O)=C2\C(=O)C(=O)N(C3CCCCC3)C2c2cccnc2)c(OC)c1Cl. The van der Waals surface area contributed by atoms with Crippen molar-refractivity contribution in [1.29, 1.82) is 0 Å². The van der Waals surface area contributed by atoms with E-state index >= 15 is 0 Å². The number of carbonyl (C=O) groups excluding carboxylic acids is 2. The van der Waals surface area contributed by atoms with Crippen LogP contribution in [0.15, 0.2) is 36.2 Å². The van der Waals surface area contributed by atoms with Crippen LogP contribution in [0.2, 0.25) is 10.0 Å². The second kappa shape index (κ2) is 9.61. The van der Waals surface area contributed by atoms with Gasteiger partial charge in [-0.15, -0.1) is 0 Å². The Morgan fingerprint density at radius 3 is 2.42 bits per heavy atom. The van der Waals surface area contributed by atoms with E-state index in [1.807, 2.05) is 0 Å². The van der Waals surface area contributed by atoms with Gasteiger partial charge in [0.2, 0.25) is 0 Å². The van der Waals surface area contributed by atoms with E-state index in [4.69, 9.17) is 32.7 Å². The average molecular weight is 491 g/mol. The lowest BCUT2D eigenvalue weighted by Gasteiger charge is -2.35. The highest BCUT2D eigenvalue weighted by Gasteiger charge is 2.49. The van der Waals surface area contributed by atoms with Crippen molar-refractivity contribution in [3.05, 3.63) is 57.3 Å². The van der Waals surface area contributed by atoms with Gasteiger partial charge in [-0.3, -0.25) is 14.6 Å². The quantitative estimate of drug-likeness (QED) is 0.353. The van der Waals surface area contributed by atoms with Gasteiger partial charge in [0.15, 0.2) is 11.5 Å². The van der Waals surface area contributed by atoms with Crippen LogP contribution in [0, 0.1) is 0 Å². The van der Waals surface area contributed by atoms with E-state index in [0.29, 0.717) is 5.56 Å². The van der Waals surface area contributed by atoms with Crippen molar-refractivity contribution in [3.8, 4) is 11.5 Å². The molecule has 174 valence electrons. The Hall–Kier alpha value is -2.77. The molecule has 1 aliphatic heterocycles. The molecule has 0 radical (unpaired) electrons. The van der Waals surface area contributed by atoms with Crippen molar-refractivity contribution in [1.82, 2.24) is 9.88 Å². The summed E-state index contributed by atoms with van der Waals surface area (Å²) in [5.41, 5.74) is 0.687. The Kier molecular flexibility index (Phi) is 6.81. The van der Waals surface area contributed by atoms with Crippen LogP contribution >= 0.6 is 23.2 Å². The number of ether oxygens (including phenoxy) is 2. The number of Topliss-reactive ketones (excluding diaryl/α,β-unsaturated/α-hetero) is 1. The van der Waals surface area contributed by atoms with E-state index < -0.39 is 23.5 Å². The lowest BCUT2D eigenvalue weighted by Crippen LogP contribution is -2.40. The molecule has 0 spiro atoms. The first-order valence-electron chi connectivity index (χ1n) is 10.7. The molecule has 33 heavy (non-hydrogen) atoms. The molecular weight excluding hydrogens is 467 g/mol. The molecule has 2 heterocycles. The van der Waals surface area contributed by atoms with Gasteiger partial charge in [-0.25, -0.2) is 0 Å². The average Bonchev–Trinajstić information content (AvgIpc) is 3.10. The van der Waals surface area contributed by atoms with Crippen molar-refractivity contribution in [2.45, 2.75) is 44.2 Å². The Morgan fingerprint density at radius 1 is 1.12 bits per heavy atom. The molecule has 2 aromatic rings. The number of ketones is 1. The molecule has 1 saturated carbocycles. The fraction of sp³-hybridized carbons (Fsp3) is 0.375. The number of carbonyl (C=O) groups is 2. The van der Waals surface area contributed by atoms with E-state index in [1.165, 1.54) is 20.3 Å². The fourth-order valence-corrected chi connectivity index (χ4v) is 5.43. The van der Waals surface area contributed by atoms with E-state index in [9.17, 15) is 14.7 Å². The van der Waals surface area contributed by atoms with Crippen LogP contribution in [-0.4, -0.2) is 46.9 Å². The molecule has 1 amide bonds. The Bertz CT molecular complexity index is 1110. The van der Waals surface area contributed by atoms with E-state index in [-0.39, 0.29) is 38.7 Å². The highest BCUT2D eigenvalue weighted by atomic mass is 35.5. The molecular formula is C24H24Cl2N2O5. The molecule has 0 bridgehead atoms. The molecule has 2 aliphatic rings. The maximum absolute atomic E-state index is 13.3. The lowest BCUT2D eigenvalue weighted by molar-refractivity contribution is -0.141. The van der Waals surface area contributed by atoms with Gasteiger partial charge in [0.1, 0.15) is 10.8 Å². The number of aliphatic hydroxyl groups is 1. The topological polar surface area (TPSA) is 89.0 Å². The zero-order valence-corrected chi connectivity index (χ0v) is 19.8. The number of likely N-dealkylation sites (tertiary alicyclic amines) is 1. The lowest BCUT2D eigenvalue weighted by atomic mass is 9.91. The van der Waals surface area contributed by atoms with E-state index in [1.54, 1.807) is 29.4 Å². The zero-order chi connectivity index (χ0) is 23.7. The Labute approximate surface area is 201 Å². The number of rotatable bonds is 5. The summed E-state index contributed by atoms with van der Waals surface area (Å²) in [4.78, 5) is 32.3. The molecule has 7 nitrogen and oxygen atoms in total. The number of aromatic nitrogens is 1. The second-order valence-corrected chi connectivity index (χ2v) is 8.86. The molecule has 9 heteroatoms. The van der Waals surface area contributed by atoms with Gasteiger partial charge in [0, 0.05) is 18.4 Å². The predicted molar refractivity (Wildman–Crippen MR) is 125 cm³/mol. The number of amides is 1. The van der Waals surface area contributed by atoms with Crippen molar-refractivity contribution < 1.29 is 24.2 Å². The smallest absolute Gasteiger partial charge is 0.295 e. The van der Waals surface area contributed by atoms with Gasteiger partial charge in [0.05, 0.1) is 36.4 Å². The van der Waals surface area contributed by atoms with E-state index in [0.717, 1.165) is 32.1 Å². The summed E-state index contributed by atoms with van der Waals surface area (Å²) in [6.07, 6.45) is 7.86. The normalized spacial score (nSPS) is 20.8. The van der Waals surface area contributed by atoms with Gasteiger partial charge < -0.3 is 19.5 Å². The first-order valence-corrected chi connectivity index (χ1v) is 11.5. The van der Waals surface area contributed by atoms with Crippen LogP contribution in [0.1, 0.15) is 49.3 Å². The summed E-state index contributed by atoms with van der Waals surface area (Å²) in [5, 5.41) is 11.6. The number of halogens is 2. The van der Waals surface area contributed by atoms with Crippen molar-refractivity contribution in [2.75, 3.05) is 14.2 Å². The highest BCUT2D eigenvalue weighted by molar-refractivity contribution is 6.47. The van der Waals surface area contributed by atoms with Crippen LogP contribution in [0.3, 0.4) is 0 Å². The van der Waals surface area contributed by atoms with Gasteiger partial charge >= 0.3 is 0 Å². The van der Waals surface area contributed by atoms with Crippen LogP contribution in [-0.2, 0) is 9.59 Å². The molecule has 1 N–H and O–H groups in total. The molecule has 1 aromatic carbocycles. The summed E-state index contributed by atoms with van der Waals surface area (Å²) < 4.78 is 10.6. The Morgan fingerprint density at radius 2 is 1.82 bits per heavy atom. The molecule has 1 aliphatic carbocycles. The third-order valence-corrected chi connectivity index (χ3v) is 6.87. The summed E-state index contributed by atoms with van der Waals surface area (Å²) >= 11 is 12.7. The van der Waals surface area contributed by atoms with Crippen molar-refractivity contribution in [2.24, 2.45) is 0 Å². The van der Waals surface area contributed by atoms with Crippen LogP contribution < -0.4 is 9.47 Å². The van der Waals surface area contributed by atoms with Crippen molar-refractivity contribution >= 4 is 40.7 Å². The first kappa shape index (κ1) is 23.4. The highest BCUT2D eigenvalue weighted by Crippen LogP contribution is 2.48. The maximum Gasteiger partial charge on any atom is 0.295 e. The van der Waals surface area contributed by atoms with Crippen LogP contribution in [0.5, 0.6) is 11.5 Å². The molecule has 1 aromatic heterocycles. The number of nitrogens with zero attached hydrogens (tertiary/aromatic N) is 2. The van der Waals surface area contributed by atoms with Crippen molar-refractivity contribution in [3.63, 3.8) is 0 Å². The molecule has 2 fully saturated rings. The standard InChI is InChI=1S/C24H24Cl2N2O5/c1-32-22-15(11-16(25)23(33-2)18(22)26)20(29)17-19(13-7-6-10-27-12-13)28(24(31)21(17)30)14-8-4-3-5-9-14/h6-7,10-12,14,19,29H,3-5,8-9H2,1-2H3/b20-17+. The number of benzene rings is 1. The van der Waals surface area contributed by atoms with Gasteiger partial charge in [-0.1, -0.05) is 48.5 Å². The zero-order valence-electron chi connectivity index (χ0n) is 18.3. The van der Waals surface area contributed by atoms with Gasteiger partial charge in [-0.2, -0.15) is 0 Å². The monoisotopic (exact) mass is 490 g/mol. The number of pyridine rings is 1. The maximum atomic E-state index is 13.3. The second-order valence-electron chi connectivity index (χ2n) is 8.07. The van der Waals surface area contributed by atoms with Gasteiger partial charge in [-0.05, 0) is 30.5 Å². The molecule has 1 unspecified atom stereocenters. The summed E-state index contributed by atoms with van der Waals surface area (Å²) in [7, 11) is 2.79. The first-order chi connectivity index (χ1) is 15.9. The summed E-state index contributed by atoms with van der Waals surface area (Å²) in [5.74, 6) is -1.55. The van der Waals surface area contributed by atoms with Gasteiger partial charge in [0.25, 0.3) is 11.7 Å². The van der Waals surface area contributed by atoms with Crippen LogP contribution in [0.25, 0.3) is 5.76 Å². The summed E-state index contributed by atoms with van der Waals surface area (Å²) in [6, 6.07) is 4.05. The minimum absolute atomic E-state index is 0.0471. The Balaban J connectivity index is 1.94. The number of aliphatic hydroxyl groups excluding tert-OH is 1. The number of hydrogen-bond acceptors (Lipinski definition) is 6. The third kappa shape index (κ3) is 4.04. The summed E-state index contributed by atoms with van der Waals surface area (Å²) in [6.45, 7) is 0.